The van der Waals surface area contributed by atoms with Gasteiger partial charge in [0.05, 0.1) is 58.0 Å². The van der Waals surface area contributed by atoms with Crippen LogP contribution in [-0.2, 0) is 13.1 Å². The number of rotatable bonds is 6. The van der Waals surface area contributed by atoms with Gasteiger partial charge in [-0.05, 0) is 141 Å². The summed E-state index contributed by atoms with van der Waals surface area (Å²) in [5.41, 5.74) is 15.4. The van der Waals surface area contributed by atoms with Gasteiger partial charge in [-0.25, -0.2) is 9.97 Å². The Morgan fingerprint density at radius 2 is 0.948 bits per heavy atom. The summed E-state index contributed by atoms with van der Waals surface area (Å²) in [7, 11) is 0. The van der Waals surface area contributed by atoms with Crippen molar-refractivity contribution in [2.24, 2.45) is 0 Å². The topological polar surface area (TPSA) is 83.2 Å². The van der Waals surface area contributed by atoms with E-state index < -0.39 is 0 Å². The molecule has 0 N–H and O–H groups in total. The van der Waals surface area contributed by atoms with Crippen LogP contribution in [0.2, 0.25) is 0 Å². The zero-order chi connectivity index (χ0) is 39.6. The second-order valence-corrected chi connectivity index (χ2v) is 14.8. The van der Waals surface area contributed by atoms with Crippen molar-refractivity contribution in [3.05, 3.63) is 204 Å². The highest BCUT2D eigenvalue weighted by Gasteiger charge is 2.10. The van der Waals surface area contributed by atoms with E-state index in [-0.39, 0.29) is 0 Å². The van der Waals surface area contributed by atoms with Gasteiger partial charge in [0.15, 0.2) is 0 Å². The van der Waals surface area contributed by atoms with Crippen LogP contribution in [0.5, 0.6) is 0 Å². The Bertz CT molecular complexity index is 3240. The Kier molecular flexibility index (Phi) is 9.51. The lowest BCUT2D eigenvalue weighted by Gasteiger charge is -2.09. The molecule has 0 aliphatic carbocycles. The molecule has 2 aromatic heterocycles. The van der Waals surface area contributed by atoms with E-state index in [1.807, 2.05) is 49.1 Å². The summed E-state index contributed by atoms with van der Waals surface area (Å²) in [5, 5.41) is 22.8. The molecule has 10 aromatic rings. The summed E-state index contributed by atoms with van der Waals surface area (Å²) in [6.45, 7) is 5.75. The number of nitrogens with zero attached hydrogens (tertiary/aromatic N) is 6. The molecule has 0 amide bonds. The van der Waals surface area contributed by atoms with Gasteiger partial charge in [0, 0.05) is 13.1 Å². The molecule has 0 aliphatic rings. The number of fused-ring (bicyclic) bond motifs is 4. The number of hydrogen-bond acceptors (Lipinski definition) is 4. The summed E-state index contributed by atoms with van der Waals surface area (Å²) < 4.78 is 4.36. The van der Waals surface area contributed by atoms with Gasteiger partial charge in [0.1, 0.15) is 0 Å². The summed E-state index contributed by atoms with van der Waals surface area (Å²) in [5.74, 6) is 0. The van der Waals surface area contributed by atoms with Crippen LogP contribution in [0, 0.1) is 36.5 Å². The molecule has 10 rings (SSSR count). The molecule has 6 nitrogen and oxygen atoms in total. The van der Waals surface area contributed by atoms with Crippen LogP contribution in [0.3, 0.4) is 0 Å². The molecule has 8 aromatic carbocycles. The molecule has 276 valence electrons. The number of hydrogen-bond donors (Lipinski definition) is 0. The van der Waals surface area contributed by atoms with Gasteiger partial charge in [-0.2, -0.15) is 10.5 Å². The molecule has 0 bridgehead atoms. The van der Waals surface area contributed by atoms with E-state index in [1.54, 1.807) is 0 Å². The van der Waals surface area contributed by atoms with Crippen molar-refractivity contribution >= 4 is 43.6 Å². The summed E-state index contributed by atoms with van der Waals surface area (Å²) >= 11 is 0. The van der Waals surface area contributed by atoms with Crippen molar-refractivity contribution in [2.45, 2.75) is 26.9 Å². The third kappa shape index (κ3) is 7.19. The van der Waals surface area contributed by atoms with Gasteiger partial charge in [0.2, 0.25) is 0 Å². The first kappa shape index (κ1) is 35.9. The smallest absolute Gasteiger partial charge is 0.0991 e. The fraction of sp³-hybridized carbons (Fsp3) is 0.0769. The maximum atomic E-state index is 9.17. The van der Waals surface area contributed by atoms with E-state index in [4.69, 9.17) is 10.5 Å². The number of imidazole rings is 2. The van der Waals surface area contributed by atoms with Gasteiger partial charge >= 0.3 is 0 Å². The van der Waals surface area contributed by atoms with Crippen LogP contribution in [0.15, 0.2) is 170 Å². The highest BCUT2D eigenvalue weighted by molar-refractivity contribution is 5.87. The number of nitriles is 2. The summed E-state index contributed by atoms with van der Waals surface area (Å²) in [6, 6.07) is 58.7. The fourth-order valence-corrected chi connectivity index (χ4v) is 7.82. The highest BCUT2D eigenvalue weighted by Crippen LogP contribution is 2.29. The largest absolute Gasteiger partial charge is 0.326 e. The molecule has 0 spiro atoms. The molecule has 0 atom stereocenters. The lowest BCUT2D eigenvalue weighted by Crippen LogP contribution is -1.98. The maximum Gasteiger partial charge on any atom is 0.0991 e. The highest BCUT2D eigenvalue weighted by atomic mass is 15.0. The van der Waals surface area contributed by atoms with E-state index in [0.717, 1.165) is 56.7 Å². The minimum atomic E-state index is 0.686. The molecular weight excluding hydrogens is 709 g/mol. The lowest BCUT2D eigenvalue weighted by atomic mass is 10.0. The van der Waals surface area contributed by atoms with Crippen molar-refractivity contribution in [3.8, 4) is 34.4 Å². The molecule has 0 saturated carbocycles. The van der Waals surface area contributed by atoms with E-state index in [2.05, 4.69) is 166 Å². The lowest BCUT2D eigenvalue weighted by molar-refractivity contribution is 0.826. The zero-order valence-corrected chi connectivity index (χ0v) is 32.3. The molecule has 0 fully saturated rings. The van der Waals surface area contributed by atoms with Crippen molar-refractivity contribution < 1.29 is 0 Å². The Balaban J connectivity index is 0.000000150. The Labute approximate surface area is 337 Å². The van der Waals surface area contributed by atoms with Crippen molar-refractivity contribution in [2.75, 3.05) is 0 Å². The summed E-state index contributed by atoms with van der Waals surface area (Å²) in [4.78, 5) is 9.22. The van der Waals surface area contributed by atoms with Crippen molar-refractivity contribution in [3.63, 3.8) is 0 Å². The van der Waals surface area contributed by atoms with Crippen LogP contribution in [0.25, 0.3) is 65.9 Å². The Morgan fingerprint density at radius 3 is 1.52 bits per heavy atom. The Hall–Kier alpha value is -7.80. The van der Waals surface area contributed by atoms with Crippen LogP contribution in [0.1, 0.15) is 33.4 Å². The quantitative estimate of drug-likeness (QED) is 0.170. The first-order chi connectivity index (χ1) is 28.4. The third-order valence-electron chi connectivity index (χ3n) is 10.9. The predicted molar refractivity (Wildman–Crippen MR) is 235 cm³/mol. The molecule has 6 heteroatoms. The predicted octanol–water partition coefficient (Wildman–Crippen LogP) is 12.2. The van der Waals surface area contributed by atoms with E-state index in [9.17, 15) is 0 Å². The molecular formula is C52H38N6. The van der Waals surface area contributed by atoms with Gasteiger partial charge < -0.3 is 9.13 Å². The standard InChI is InChI=1S/2C26H19N3/c1-18-4-2-3-5-24(18)22-10-11-26-25(14-22)28-17-29(26)16-20-7-9-21-8-6-19(15-27)12-23(21)13-20;1-18-4-2-3-5-24(18)22-10-11-25-26(14-22)29(17-28-25)16-20-7-9-21-8-6-19(15-27)12-23(21)13-20/h2*2-14,17H,16H2,1H3. The molecule has 0 unspecified atom stereocenters. The van der Waals surface area contributed by atoms with Crippen LogP contribution in [-0.4, -0.2) is 19.1 Å². The minimum Gasteiger partial charge on any atom is -0.326 e. The average Bonchev–Trinajstić information content (AvgIpc) is 3.86. The zero-order valence-electron chi connectivity index (χ0n) is 32.3. The van der Waals surface area contributed by atoms with Crippen LogP contribution < -0.4 is 0 Å². The first-order valence-corrected chi connectivity index (χ1v) is 19.3. The maximum absolute atomic E-state index is 9.17. The summed E-state index contributed by atoms with van der Waals surface area (Å²) in [6.07, 6.45) is 3.81. The molecule has 0 aliphatic heterocycles. The van der Waals surface area contributed by atoms with E-state index >= 15 is 0 Å². The van der Waals surface area contributed by atoms with Gasteiger partial charge in [0.25, 0.3) is 0 Å². The van der Waals surface area contributed by atoms with Gasteiger partial charge in [-0.3, -0.25) is 0 Å². The molecule has 0 radical (unpaired) electrons. The van der Waals surface area contributed by atoms with Crippen molar-refractivity contribution in [1.29, 1.82) is 10.5 Å². The number of benzene rings is 8. The SMILES string of the molecule is Cc1ccccc1-c1ccc2c(c1)ncn2Cc1ccc2ccc(C#N)cc2c1.Cc1ccccc1-c1ccc2ncn(Cc3ccc4ccc(C#N)cc4c3)c2c1. The monoisotopic (exact) mass is 746 g/mol. The van der Waals surface area contributed by atoms with Crippen molar-refractivity contribution in [1.82, 2.24) is 19.1 Å². The first-order valence-electron chi connectivity index (χ1n) is 19.3. The number of aromatic nitrogens is 4. The van der Waals surface area contributed by atoms with Crippen LogP contribution in [0.4, 0.5) is 0 Å². The molecule has 58 heavy (non-hydrogen) atoms. The normalized spacial score (nSPS) is 11.0. The molecule has 2 heterocycles. The average molecular weight is 747 g/mol. The number of aryl methyl sites for hydroxylation is 2. The van der Waals surface area contributed by atoms with Crippen LogP contribution >= 0.6 is 0 Å². The van der Waals surface area contributed by atoms with Gasteiger partial charge in [-0.15, -0.1) is 0 Å². The second kappa shape index (κ2) is 15.4. The fourth-order valence-electron chi connectivity index (χ4n) is 7.82. The van der Waals surface area contributed by atoms with Gasteiger partial charge in [-0.1, -0.05) is 97.1 Å². The Morgan fingerprint density at radius 1 is 0.448 bits per heavy atom. The third-order valence-corrected chi connectivity index (χ3v) is 10.9. The minimum absolute atomic E-state index is 0.686. The van der Waals surface area contributed by atoms with E-state index in [0.29, 0.717) is 11.1 Å². The molecule has 0 saturated heterocycles. The van der Waals surface area contributed by atoms with E-state index in [1.165, 1.54) is 44.5 Å². The second-order valence-electron chi connectivity index (χ2n) is 14.8.